The topological polar surface area (TPSA) is 173 Å². The Labute approximate surface area is 142 Å². The molecule has 0 radical (unpaired) electrons. The van der Waals surface area contributed by atoms with Crippen LogP contribution in [0.4, 0.5) is 0 Å². The van der Waals surface area contributed by atoms with E-state index in [1.807, 2.05) is 0 Å². The number of phosphoric acid groups is 1. The first-order valence-corrected chi connectivity index (χ1v) is 9.00. The maximum Gasteiger partial charge on any atom is 0.526 e. The molecule has 0 aromatic heterocycles. The highest BCUT2D eigenvalue weighted by Gasteiger charge is 2.24. The van der Waals surface area contributed by atoms with E-state index in [0.717, 1.165) is 11.0 Å². The molecule has 0 aromatic rings. The summed E-state index contributed by atoms with van der Waals surface area (Å²) in [6.07, 6.45) is 0.0132. The largest absolute Gasteiger partial charge is 0.526 e. The number of hydrogen-bond donors (Lipinski definition) is 5. The monoisotopic (exact) mass is 372 g/mol. The van der Waals surface area contributed by atoms with Gasteiger partial charge in [0.15, 0.2) is 5.78 Å². The van der Waals surface area contributed by atoms with Crippen LogP contribution in [0.1, 0.15) is 26.2 Å². The van der Waals surface area contributed by atoms with E-state index in [0.29, 0.717) is 6.42 Å². The molecule has 7 N–H and O–H groups in total. The van der Waals surface area contributed by atoms with Gasteiger partial charge in [-0.25, -0.2) is 4.57 Å². The molecule has 2 atom stereocenters. The van der Waals surface area contributed by atoms with Crippen molar-refractivity contribution in [1.29, 1.82) is 0 Å². The van der Waals surface area contributed by atoms with E-state index in [1.54, 1.807) is 6.92 Å². The number of rotatable bonds is 9. The van der Waals surface area contributed by atoms with Gasteiger partial charge in [-0.1, -0.05) is 6.92 Å². The first-order valence-electron chi connectivity index (χ1n) is 7.47. The molecule has 0 saturated heterocycles. The second kappa shape index (κ2) is 11.6. The average Bonchev–Trinajstić information content (AvgIpc) is 2.40. The van der Waals surface area contributed by atoms with E-state index >= 15 is 0 Å². The highest BCUT2D eigenvalue weighted by Crippen LogP contribution is 2.36. The number of phosphoric ester groups is 1. The molecule has 0 aliphatic carbocycles. The van der Waals surface area contributed by atoms with Gasteiger partial charge in [0.25, 0.3) is 0 Å². The van der Waals surface area contributed by atoms with Gasteiger partial charge in [-0.2, -0.15) is 0 Å². The summed E-state index contributed by atoms with van der Waals surface area (Å²) < 4.78 is 14.9. The number of aliphatic hydroxyl groups is 1. The predicted molar refractivity (Wildman–Crippen MR) is 88.6 cm³/mol. The van der Waals surface area contributed by atoms with Crippen LogP contribution >= 0.6 is 7.82 Å². The molecule has 0 aliphatic rings. The van der Waals surface area contributed by atoms with Crippen molar-refractivity contribution in [2.75, 3.05) is 34.3 Å². The molecule has 11 heteroatoms. The summed E-state index contributed by atoms with van der Waals surface area (Å²) in [6, 6.07) is -1.63. The van der Waals surface area contributed by atoms with Crippen molar-refractivity contribution in [3.05, 3.63) is 0 Å². The number of nitrogens with zero attached hydrogens (tertiary/aromatic N) is 1. The summed E-state index contributed by atoms with van der Waals surface area (Å²) in [6.45, 7) is 2.83. The Morgan fingerprint density at radius 3 is 1.96 bits per heavy atom. The summed E-state index contributed by atoms with van der Waals surface area (Å²) >= 11 is 0. The van der Waals surface area contributed by atoms with Crippen LogP contribution in [0, 0.1) is 0 Å². The zero-order chi connectivity index (χ0) is 19.6. The average molecular weight is 372 g/mol. The van der Waals surface area contributed by atoms with Crippen molar-refractivity contribution in [3.63, 3.8) is 0 Å². The molecule has 0 fully saturated rings. The summed E-state index contributed by atoms with van der Waals surface area (Å²) in [4.78, 5) is 39.0. The van der Waals surface area contributed by atoms with E-state index in [1.165, 1.54) is 0 Å². The summed E-state index contributed by atoms with van der Waals surface area (Å²) in [5, 5.41) is 8.39. The van der Waals surface area contributed by atoms with Crippen molar-refractivity contribution in [2.45, 2.75) is 38.3 Å². The van der Waals surface area contributed by atoms with Gasteiger partial charge in [-0.05, 0) is 12.8 Å². The fraction of sp³-hybridized carbons (Fsp3) is 0.846. The van der Waals surface area contributed by atoms with Gasteiger partial charge in [0.1, 0.15) is 6.54 Å². The minimum Gasteiger partial charge on any atom is -0.391 e. The van der Waals surface area contributed by atoms with Crippen molar-refractivity contribution < 1.29 is 38.1 Å². The van der Waals surface area contributed by atoms with Crippen molar-refractivity contribution in [3.8, 4) is 0 Å². The molecule has 0 amide bonds. The van der Waals surface area contributed by atoms with Crippen LogP contribution in [-0.4, -0.2) is 77.5 Å². The summed E-state index contributed by atoms with van der Waals surface area (Å²) in [7, 11) is 1.33. The number of nitrogens with two attached hydrogens (primary N) is 2. The van der Waals surface area contributed by atoms with Gasteiger partial charge in [-0.3, -0.25) is 19.4 Å². The molecule has 2 unspecified atom stereocenters. The Balaban J connectivity index is 0. The van der Waals surface area contributed by atoms with Crippen molar-refractivity contribution >= 4 is 19.6 Å². The number of carbonyl (C=O) groups is 2. The Bertz CT molecular complexity index is 434. The number of ketones is 1. The van der Waals surface area contributed by atoms with E-state index in [2.05, 4.69) is 25.7 Å². The highest BCUT2D eigenvalue weighted by molar-refractivity contribution is 7.46. The van der Waals surface area contributed by atoms with Gasteiger partial charge >= 0.3 is 13.8 Å². The van der Waals surface area contributed by atoms with E-state index < -0.39 is 31.7 Å². The fourth-order valence-electron chi connectivity index (χ4n) is 1.37. The maximum absolute atomic E-state index is 11.4. The lowest BCUT2D eigenvalue weighted by atomic mass is 10.0. The van der Waals surface area contributed by atoms with Crippen LogP contribution in [0.2, 0.25) is 0 Å². The molecular formula is C13H31N3O7P+. The Morgan fingerprint density at radius 1 is 1.17 bits per heavy atom. The van der Waals surface area contributed by atoms with Gasteiger partial charge in [0.2, 0.25) is 0 Å². The number of likely N-dealkylation sites (N-methyl/N-ethyl adjacent to an activating group) is 1. The quantitative estimate of drug-likeness (QED) is 0.244. The van der Waals surface area contributed by atoms with Crippen molar-refractivity contribution in [1.82, 2.24) is 0 Å². The zero-order valence-corrected chi connectivity index (χ0v) is 15.6. The minimum atomic E-state index is -4.83. The third kappa shape index (κ3) is 16.0. The highest BCUT2D eigenvalue weighted by atomic mass is 31.2. The van der Waals surface area contributed by atoms with Gasteiger partial charge in [0.05, 0.1) is 39.8 Å². The molecule has 0 aliphatic heterocycles. The number of carbonyl (C=O) groups excluding carboxylic acids is 2. The number of Topliss-reactive ketones (excluding diaryl/α,β-unsaturated/α-hetero) is 1. The van der Waals surface area contributed by atoms with Crippen LogP contribution in [0.5, 0.6) is 0 Å². The maximum atomic E-state index is 11.4. The fourth-order valence-corrected chi connectivity index (χ4v) is 1.73. The van der Waals surface area contributed by atoms with E-state index in [9.17, 15) is 14.2 Å². The first-order chi connectivity index (χ1) is 10.7. The Hall–Kier alpha value is -0.870. The predicted octanol–water partition coefficient (Wildman–Crippen LogP) is -1.28. The third-order valence-corrected chi connectivity index (χ3v) is 3.26. The second-order valence-electron chi connectivity index (χ2n) is 6.25. The molecule has 0 bridgehead atoms. The Kier molecular flexibility index (Phi) is 12.3. The molecule has 24 heavy (non-hydrogen) atoms. The van der Waals surface area contributed by atoms with Crippen LogP contribution < -0.4 is 11.5 Å². The Morgan fingerprint density at radius 2 is 1.67 bits per heavy atom. The molecule has 10 nitrogen and oxygen atoms in total. The van der Waals surface area contributed by atoms with Gasteiger partial charge in [-0.15, -0.1) is 0 Å². The zero-order valence-electron chi connectivity index (χ0n) is 14.7. The SMILES string of the molecule is CCC(N)C(=O)C(N)CCC(=O)OP(=O)(O)O.C[N+](C)(C)CCO. The van der Waals surface area contributed by atoms with Crippen molar-refractivity contribution in [2.24, 2.45) is 11.5 Å². The lowest BCUT2D eigenvalue weighted by Crippen LogP contribution is -2.43. The molecule has 0 spiro atoms. The molecule has 144 valence electrons. The molecular weight excluding hydrogens is 341 g/mol. The van der Waals surface area contributed by atoms with E-state index in [4.69, 9.17) is 26.4 Å². The van der Waals surface area contributed by atoms with Crippen LogP contribution in [-0.2, 0) is 18.7 Å². The lowest BCUT2D eigenvalue weighted by molar-refractivity contribution is -0.870. The smallest absolute Gasteiger partial charge is 0.391 e. The normalized spacial score (nSPS) is 14.2. The minimum absolute atomic E-state index is 0.0641. The standard InChI is InChI=1S/C8H17N2O6P.C5H14NO/c1-2-5(9)8(12)6(10)3-4-7(11)16-17(13,14)15;1-6(2,3)4-5-7/h5-6H,2-4,9-10H2,1H3,(H2,13,14,15);7H,4-5H2,1-3H3/q;+1. The summed E-state index contributed by atoms with van der Waals surface area (Å²) in [5.41, 5.74) is 10.9. The van der Waals surface area contributed by atoms with Gasteiger partial charge < -0.3 is 25.6 Å². The third-order valence-electron chi connectivity index (χ3n) is 2.82. The van der Waals surface area contributed by atoms with Crippen LogP contribution in [0.3, 0.4) is 0 Å². The van der Waals surface area contributed by atoms with Crippen LogP contribution in [0.25, 0.3) is 0 Å². The molecule has 0 heterocycles. The second-order valence-corrected chi connectivity index (χ2v) is 7.42. The molecule has 0 rings (SSSR count). The number of aliphatic hydroxyl groups excluding tert-OH is 1. The van der Waals surface area contributed by atoms with Crippen LogP contribution in [0.15, 0.2) is 0 Å². The lowest BCUT2D eigenvalue weighted by Gasteiger charge is -2.21. The van der Waals surface area contributed by atoms with Gasteiger partial charge in [0, 0.05) is 6.42 Å². The number of hydrogen-bond acceptors (Lipinski definition) is 7. The number of quaternary nitrogens is 1. The summed E-state index contributed by atoms with van der Waals surface area (Å²) in [5.74, 6) is -1.50. The first kappa shape index (κ1) is 25.4. The molecule has 0 saturated carbocycles. The van der Waals surface area contributed by atoms with E-state index in [-0.39, 0.29) is 19.4 Å². The molecule has 0 aromatic carbocycles.